The molecule has 0 unspecified atom stereocenters. The van der Waals surface area contributed by atoms with Crippen LogP contribution in [0.2, 0.25) is 0 Å². The van der Waals surface area contributed by atoms with E-state index in [0.29, 0.717) is 6.54 Å². The Kier molecular flexibility index (Phi) is 4.83. The van der Waals surface area contributed by atoms with Gasteiger partial charge in [-0.25, -0.2) is 9.59 Å². The highest BCUT2D eigenvalue weighted by Gasteiger charge is 2.56. The van der Waals surface area contributed by atoms with E-state index in [9.17, 15) is 9.59 Å². The first-order valence-electron chi connectivity index (χ1n) is 9.18. The molecule has 4 aliphatic rings. The average molecular weight is 322 g/mol. The minimum atomic E-state index is -0.498. The second kappa shape index (κ2) is 6.70. The summed E-state index contributed by atoms with van der Waals surface area (Å²) < 4.78 is 5.05. The van der Waals surface area contributed by atoms with Crippen molar-refractivity contribution < 1.29 is 14.3 Å². The summed E-state index contributed by atoms with van der Waals surface area (Å²) in [7, 11) is 1.42. The van der Waals surface area contributed by atoms with Crippen molar-refractivity contribution in [1.29, 1.82) is 0 Å². The van der Waals surface area contributed by atoms with E-state index in [1.54, 1.807) is 0 Å². The molecule has 0 aromatic heterocycles. The summed E-state index contributed by atoms with van der Waals surface area (Å²) in [6.07, 6.45) is 9.13. The maximum atomic E-state index is 12.4. The molecular formula is C18H30N2O3. The van der Waals surface area contributed by atoms with E-state index in [-0.39, 0.29) is 17.4 Å². The molecule has 4 saturated carbocycles. The molecule has 4 rings (SSSR count). The Hall–Kier alpha value is -1.26. The first-order valence-corrected chi connectivity index (χ1v) is 9.18. The van der Waals surface area contributed by atoms with E-state index in [1.165, 1.54) is 26.4 Å². The first-order chi connectivity index (χ1) is 11.1. The normalized spacial score (nSPS) is 35.7. The van der Waals surface area contributed by atoms with Gasteiger partial charge >= 0.3 is 12.0 Å². The molecule has 23 heavy (non-hydrogen) atoms. The minimum absolute atomic E-state index is 0.0794. The lowest BCUT2D eigenvalue weighted by molar-refractivity contribution is -0.154. The van der Waals surface area contributed by atoms with Gasteiger partial charge in [-0.3, -0.25) is 0 Å². The van der Waals surface area contributed by atoms with Crippen LogP contribution in [-0.4, -0.2) is 31.7 Å². The number of carbonyl (C=O) groups excluding carboxylic acids is 2. The summed E-state index contributed by atoms with van der Waals surface area (Å²) in [5.74, 6) is 1.92. The van der Waals surface area contributed by atoms with Crippen LogP contribution >= 0.6 is 0 Å². The molecule has 0 aromatic rings. The maximum Gasteiger partial charge on any atom is 0.329 e. The van der Waals surface area contributed by atoms with Crippen LogP contribution in [0.4, 0.5) is 4.79 Å². The highest BCUT2D eigenvalue weighted by atomic mass is 16.5. The van der Waals surface area contributed by atoms with Crippen molar-refractivity contribution in [2.24, 2.45) is 23.2 Å². The lowest BCUT2D eigenvalue weighted by Gasteiger charge is -2.58. The maximum absolute atomic E-state index is 12.4. The predicted molar refractivity (Wildman–Crippen MR) is 87.9 cm³/mol. The fraction of sp³-hybridized carbons (Fsp3) is 0.889. The van der Waals surface area contributed by atoms with Crippen molar-refractivity contribution >= 4 is 12.0 Å². The molecule has 5 nitrogen and oxygen atoms in total. The monoisotopic (exact) mass is 322 g/mol. The Labute approximate surface area is 138 Å². The SMILES string of the molecule is CCCCNC(=O)N[C@H](C(=O)OC)C12CC3CC(CC(C3)C1)C2. The Balaban J connectivity index is 1.71. The summed E-state index contributed by atoms with van der Waals surface area (Å²) in [6.45, 7) is 2.74. The van der Waals surface area contributed by atoms with Gasteiger partial charge in [0.25, 0.3) is 0 Å². The lowest BCUT2D eigenvalue weighted by Crippen LogP contribution is -2.61. The third kappa shape index (κ3) is 3.33. The number of hydrogen-bond acceptors (Lipinski definition) is 3. The fourth-order valence-electron chi connectivity index (χ4n) is 5.67. The summed E-state index contributed by atoms with van der Waals surface area (Å²) in [4.78, 5) is 24.6. The molecule has 4 fully saturated rings. The number of carbonyl (C=O) groups is 2. The molecular weight excluding hydrogens is 292 g/mol. The molecule has 0 spiro atoms. The molecule has 0 aromatic carbocycles. The molecule has 2 amide bonds. The number of esters is 1. The largest absolute Gasteiger partial charge is 0.467 e. The van der Waals surface area contributed by atoms with Gasteiger partial charge in [-0.2, -0.15) is 0 Å². The Bertz CT molecular complexity index is 428. The van der Waals surface area contributed by atoms with Crippen LogP contribution in [0.5, 0.6) is 0 Å². The van der Waals surface area contributed by atoms with Gasteiger partial charge in [0, 0.05) is 12.0 Å². The minimum Gasteiger partial charge on any atom is -0.467 e. The van der Waals surface area contributed by atoms with Gasteiger partial charge < -0.3 is 15.4 Å². The number of nitrogens with one attached hydrogen (secondary N) is 2. The number of amides is 2. The van der Waals surface area contributed by atoms with Crippen molar-refractivity contribution in [2.45, 2.75) is 64.3 Å². The smallest absolute Gasteiger partial charge is 0.329 e. The van der Waals surface area contributed by atoms with Crippen molar-refractivity contribution in [2.75, 3.05) is 13.7 Å². The third-order valence-corrected chi connectivity index (χ3v) is 6.23. The molecule has 4 aliphatic carbocycles. The van der Waals surface area contributed by atoms with E-state index in [2.05, 4.69) is 17.6 Å². The van der Waals surface area contributed by atoms with Crippen LogP contribution in [0.1, 0.15) is 58.3 Å². The Morgan fingerprint density at radius 3 is 2.17 bits per heavy atom. The number of hydrogen-bond donors (Lipinski definition) is 2. The second-order valence-corrected chi connectivity index (χ2v) is 7.99. The number of methoxy groups -OCH3 is 1. The van der Waals surface area contributed by atoms with E-state index >= 15 is 0 Å². The van der Waals surface area contributed by atoms with Crippen molar-refractivity contribution in [1.82, 2.24) is 10.6 Å². The number of rotatable bonds is 6. The van der Waals surface area contributed by atoms with Gasteiger partial charge in [-0.1, -0.05) is 13.3 Å². The van der Waals surface area contributed by atoms with E-state index in [1.807, 2.05) is 0 Å². The van der Waals surface area contributed by atoms with Crippen LogP contribution in [-0.2, 0) is 9.53 Å². The highest BCUT2D eigenvalue weighted by Crippen LogP contribution is 2.61. The number of unbranched alkanes of at least 4 members (excludes halogenated alkanes) is 1. The summed E-state index contributed by atoms with van der Waals surface area (Å²) in [6, 6.07) is -0.730. The van der Waals surface area contributed by atoms with Crippen LogP contribution in [0.15, 0.2) is 0 Å². The quantitative estimate of drug-likeness (QED) is 0.584. The van der Waals surface area contributed by atoms with Gasteiger partial charge in [-0.15, -0.1) is 0 Å². The van der Waals surface area contributed by atoms with Crippen molar-refractivity contribution in [3.8, 4) is 0 Å². The van der Waals surface area contributed by atoms with Gasteiger partial charge in [0.15, 0.2) is 0 Å². The van der Waals surface area contributed by atoms with Crippen LogP contribution in [0.25, 0.3) is 0 Å². The van der Waals surface area contributed by atoms with Crippen molar-refractivity contribution in [3.05, 3.63) is 0 Å². The standard InChI is InChI=1S/C18H30N2O3/c1-3-4-5-19-17(22)20-15(16(21)23-2)18-9-12-6-13(10-18)8-14(7-12)11-18/h12-15H,3-11H2,1-2H3,(H2,19,20,22)/t12?,13?,14?,15-,18?/m1/s1. The van der Waals surface area contributed by atoms with Crippen LogP contribution < -0.4 is 10.6 Å². The van der Waals surface area contributed by atoms with Gasteiger partial charge in [0.2, 0.25) is 0 Å². The van der Waals surface area contributed by atoms with E-state index in [0.717, 1.165) is 49.9 Å². The highest BCUT2D eigenvalue weighted by molar-refractivity contribution is 5.84. The molecule has 0 saturated heterocycles. The molecule has 4 bridgehead atoms. The predicted octanol–water partition coefficient (Wildman–Crippen LogP) is 2.84. The van der Waals surface area contributed by atoms with Gasteiger partial charge in [0.05, 0.1) is 7.11 Å². The molecule has 0 aliphatic heterocycles. The van der Waals surface area contributed by atoms with Crippen LogP contribution in [0, 0.1) is 23.2 Å². The zero-order valence-electron chi connectivity index (χ0n) is 14.4. The molecule has 5 heteroatoms. The lowest BCUT2D eigenvalue weighted by atomic mass is 9.47. The molecule has 0 heterocycles. The van der Waals surface area contributed by atoms with Crippen molar-refractivity contribution in [3.63, 3.8) is 0 Å². The van der Waals surface area contributed by atoms with Crippen LogP contribution in [0.3, 0.4) is 0 Å². The molecule has 130 valence electrons. The average Bonchev–Trinajstić information content (AvgIpc) is 2.50. The van der Waals surface area contributed by atoms with E-state index in [4.69, 9.17) is 4.74 Å². The first kappa shape index (κ1) is 16.6. The summed E-state index contributed by atoms with van der Waals surface area (Å²) in [5, 5.41) is 5.83. The van der Waals surface area contributed by atoms with Gasteiger partial charge in [0.1, 0.15) is 6.04 Å². The second-order valence-electron chi connectivity index (χ2n) is 7.99. The molecule has 0 radical (unpaired) electrons. The zero-order valence-corrected chi connectivity index (χ0v) is 14.4. The topological polar surface area (TPSA) is 67.4 Å². The third-order valence-electron chi connectivity index (χ3n) is 6.23. The van der Waals surface area contributed by atoms with Gasteiger partial charge in [-0.05, 0) is 62.7 Å². The number of ether oxygens (including phenoxy) is 1. The zero-order chi connectivity index (χ0) is 16.4. The van der Waals surface area contributed by atoms with E-state index < -0.39 is 6.04 Å². The Morgan fingerprint density at radius 1 is 1.13 bits per heavy atom. The fourth-order valence-corrected chi connectivity index (χ4v) is 5.67. The number of urea groups is 1. The molecule has 1 atom stereocenters. The Morgan fingerprint density at radius 2 is 1.70 bits per heavy atom. The summed E-state index contributed by atoms with van der Waals surface area (Å²) >= 11 is 0. The summed E-state index contributed by atoms with van der Waals surface area (Å²) in [5.41, 5.74) is -0.0794. The molecule has 2 N–H and O–H groups in total.